The molecule has 0 amide bonds. The SMILES string of the molecule is CCCS(=O)(=O)N1CCCC1c1ccc(C(=O)O)c(CCOc2ccc(Cl)c(C)c2)n1. The van der Waals surface area contributed by atoms with Gasteiger partial charge in [0.25, 0.3) is 0 Å². The van der Waals surface area contributed by atoms with Crippen LogP contribution in [0.5, 0.6) is 5.75 Å². The predicted octanol–water partition coefficient (Wildman–Crippen LogP) is 4.24. The van der Waals surface area contributed by atoms with Gasteiger partial charge in [-0.2, -0.15) is 4.31 Å². The van der Waals surface area contributed by atoms with Gasteiger partial charge in [0, 0.05) is 18.0 Å². The summed E-state index contributed by atoms with van der Waals surface area (Å²) in [4.78, 5) is 16.3. The highest BCUT2D eigenvalue weighted by atomic mass is 35.5. The minimum atomic E-state index is -3.37. The zero-order valence-electron chi connectivity index (χ0n) is 17.7. The Kier molecular flexibility index (Phi) is 7.56. The molecule has 7 nitrogen and oxygen atoms in total. The number of benzene rings is 1. The van der Waals surface area contributed by atoms with E-state index in [2.05, 4.69) is 4.98 Å². The Labute approximate surface area is 188 Å². The van der Waals surface area contributed by atoms with Gasteiger partial charge in [0.2, 0.25) is 10.0 Å². The minimum Gasteiger partial charge on any atom is -0.493 e. The standard InChI is InChI=1S/C22H27ClN2O5S/c1-3-13-31(28,29)25-11-4-5-21(25)20-9-7-17(22(26)27)19(24-20)10-12-30-16-6-8-18(23)15(2)14-16/h6-9,14,21H,3-5,10-13H2,1-2H3,(H,26,27). The molecule has 3 rings (SSSR count). The van der Waals surface area contributed by atoms with E-state index in [1.165, 1.54) is 10.4 Å². The summed E-state index contributed by atoms with van der Waals surface area (Å²) >= 11 is 6.03. The third kappa shape index (κ3) is 5.56. The second-order valence-electron chi connectivity index (χ2n) is 7.63. The molecule has 1 saturated heterocycles. The number of carboxylic acids is 1. The summed E-state index contributed by atoms with van der Waals surface area (Å²) in [6.07, 6.45) is 2.25. The Bertz CT molecular complexity index is 1060. The van der Waals surface area contributed by atoms with Crippen molar-refractivity contribution in [2.45, 2.75) is 45.6 Å². The number of aromatic nitrogens is 1. The lowest BCUT2D eigenvalue weighted by atomic mass is 10.1. The Hall–Kier alpha value is -2.16. The van der Waals surface area contributed by atoms with E-state index >= 15 is 0 Å². The average Bonchev–Trinajstić information content (AvgIpc) is 3.21. The van der Waals surface area contributed by atoms with Crippen molar-refractivity contribution < 1.29 is 23.1 Å². The van der Waals surface area contributed by atoms with Crippen molar-refractivity contribution in [3.63, 3.8) is 0 Å². The van der Waals surface area contributed by atoms with E-state index in [4.69, 9.17) is 16.3 Å². The minimum absolute atomic E-state index is 0.0952. The number of rotatable bonds is 9. The molecule has 1 aromatic carbocycles. The van der Waals surface area contributed by atoms with Crippen molar-refractivity contribution in [1.82, 2.24) is 9.29 Å². The van der Waals surface area contributed by atoms with E-state index < -0.39 is 16.0 Å². The van der Waals surface area contributed by atoms with Crippen molar-refractivity contribution >= 4 is 27.6 Å². The first-order chi connectivity index (χ1) is 14.7. The summed E-state index contributed by atoms with van der Waals surface area (Å²) in [6.45, 7) is 4.41. The highest BCUT2D eigenvalue weighted by molar-refractivity contribution is 7.89. The highest BCUT2D eigenvalue weighted by Crippen LogP contribution is 2.34. The molecule has 1 fully saturated rings. The van der Waals surface area contributed by atoms with Gasteiger partial charge in [0.15, 0.2) is 0 Å². The first-order valence-corrected chi connectivity index (χ1v) is 12.3. The summed E-state index contributed by atoms with van der Waals surface area (Å²) < 4.78 is 32.5. The number of aromatic carboxylic acids is 1. The molecule has 9 heteroatoms. The molecule has 0 bridgehead atoms. The van der Waals surface area contributed by atoms with Crippen LogP contribution in [0.15, 0.2) is 30.3 Å². The van der Waals surface area contributed by atoms with Gasteiger partial charge < -0.3 is 9.84 Å². The molecule has 1 aliphatic heterocycles. The van der Waals surface area contributed by atoms with E-state index in [-0.39, 0.29) is 30.4 Å². The Morgan fingerprint density at radius 1 is 1.32 bits per heavy atom. The fourth-order valence-corrected chi connectivity index (χ4v) is 5.68. The Balaban J connectivity index is 1.80. The molecule has 0 spiro atoms. The van der Waals surface area contributed by atoms with Gasteiger partial charge >= 0.3 is 5.97 Å². The van der Waals surface area contributed by atoms with Gasteiger partial charge in [-0.05, 0) is 62.1 Å². The second-order valence-corrected chi connectivity index (χ2v) is 10.1. The van der Waals surface area contributed by atoms with Crippen molar-refractivity contribution in [3.05, 3.63) is 57.9 Å². The molecule has 2 heterocycles. The van der Waals surface area contributed by atoms with Crippen LogP contribution in [-0.4, -0.2) is 47.7 Å². The molecule has 0 radical (unpaired) electrons. The van der Waals surface area contributed by atoms with Crippen LogP contribution >= 0.6 is 11.6 Å². The van der Waals surface area contributed by atoms with Gasteiger partial charge in [-0.15, -0.1) is 0 Å². The maximum atomic E-state index is 12.6. The number of hydrogen-bond acceptors (Lipinski definition) is 5. The van der Waals surface area contributed by atoms with Gasteiger partial charge in [0.1, 0.15) is 5.75 Å². The van der Waals surface area contributed by atoms with E-state index in [0.29, 0.717) is 41.5 Å². The van der Waals surface area contributed by atoms with Crippen molar-refractivity contribution in [2.24, 2.45) is 0 Å². The topological polar surface area (TPSA) is 96.8 Å². The van der Waals surface area contributed by atoms with Gasteiger partial charge in [-0.3, -0.25) is 4.98 Å². The van der Waals surface area contributed by atoms with Crippen LogP contribution in [0.1, 0.15) is 59.5 Å². The van der Waals surface area contributed by atoms with Gasteiger partial charge in [0.05, 0.1) is 35.4 Å². The number of carboxylic acid groups (broad SMARTS) is 1. The van der Waals surface area contributed by atoms with E-state index in [9.17, 15) is 18.3 Å². The van der Waals surface area contributed by atoms with Crippen LogP contribution in [-0.2, 0) is 16.4 Å². The van der Waals surface area contributed by atoms with Gasteiger partial charge in [-0.1, -0.05) is 18.5 Å². The average molecular weight is 467 g/mol. The van der Waals surface area contributed by atoms with Gasteiger partial charge in [-0.25, -0.2) is 13.2 Å². The van der Waals surface area contributed by atoms with Crippen LogP contribution < -0.4 is 4.74 Å². The zero-order chi connectivity index (χ0) is 22.6. The Morgan fingerprint density at radius 3 is 2.77 bits per heavy atom. The first-order valence-electron chi connectivity index (χ1n) is 10.3. The molecule has 1 unspecified atom stereocenters. The normalized spacial score (nSPS) is 17.1. The lowest BCUT2D eigenvalue weighted by Crippen LogP contribution is -2.33. The van der Waals surface area contributed by atoms with E-state index in [1.54, 1.807) is 18.2 Å². The molecular weight excluding hydrogens is 440 g/mol. The van der Waals surface area contributed by atoms with Crippen LogP contribution in [0.2, 0.25) is 5.02 Å². The number of ether oxygens (including phenoxy) is 1. The summed E-state index contributed by atoms with van der Waals surface area (Å²) in [5.74, 6) is -0.335. The summed E-state index contributed by atoms with van der Waals surface area (Å²) in [5.41, 5.74) is 1.95. The zero-order valence-corrected chi connectivity index (χ0v) is 19.2. The summed E-state index contributed by atoms with van der Waals surface area (Å²) in [7, 11) is -3.37. The summed E-state index contributed by atoms with van der Waals surface area (Å²) in [5, 5.41) is 10.2. The molecule has 1 aliphatic rings. The third-order valence-electron chi connectivity index (χ3n) is 5.33. The number of pyridine rings is 1. The molecule has 1 atom stereocenters. The molecule has 2 aromatic rings. The third-order valence-corrected chi connectivity index (χ3v) is 7.83. The number of aryl methyl sites for hydroxylation is 1. The largest absolute Gasteiger partial charge is 0.493 e. The molecule has 0 saturated carbocycles. The maximum absolute atomic E-state index is 12.6. The quantitative estimate of drug-likeness (QED) is 0.593. The van der Waals surface area contributed by atoms with Crippen LogP contribution in [0, 0.1) is 6.92 Å². The molecule has 1 aromatic heterocycles. The lowest BCUT2D eigenvalue weighted by Gasteiger charge is -2.24. The predicted molar refractivity (Wildman–Crippen MR) is 119 cm³/mol. The second kappa shape index (κ2) is 9.97. The molecule has 0 aliphatic carbocycles. The number of hydrogen-bond donors (Lipinski definition) is 1. The fraction of sp³-hybridized carbons (Fsp3) is 0.455. The number of sulfonamides is 1. The van der Waals surface area contributed by atoms with E-state index in [0.717, 1.165) is 12.0 Å². The van der Waals surface area contributed by atoms with Crippen molar-refractivity contribution in [3.8, 4) is 5.75 Å². The van der Waals surface area contributed by atoms with Crippen LogP contribution in [0.3, 0.4) is 0 Å². The molecular formula is C22H27ClN2O5S. The first kappa shape index (κ1) is 23.5. The van der Waals surface area contributed by atoms with Crippen molar-refractivity contribution in [2.75, 3.05) is 18.9 Å². The lowest BCUT2D eigenvalue weighted by molar-refractivity contribution is 0.0694. The monoisotopic (exact) mass is 466 g/mol. The Morgan fingerprint density at radius 2 is 2.10 bits per heavy atom. The van der Waals surface area contributed by atoms with Crippen LogP contribution in [0.4, 0.5) is 0 Å². The van der Waals surface area contributed by atoms with E-state index in [1.807, 2.05) is 19.9 Å². The number of halogens is 1. The highest BCUT2D eigenvalue weighted by Gasteiger charge is 2.35. The number of nitrogens with zero attached hydrogens (tertiary/aromatic N) is 2. The molecule has 1 N–H and O–H groups in total. The summed E-state index contributed by atoms with van der Waals surface area (Å²) in [6, 6.07) is 8.10. The maximum Gasteiger partial charge on any atom is 0.337 e. The fourth-order valence-electron chi connectivity index (χ4n) is 3.81. The molecule has 31 heavy (non-hydrogen) atoms. The smallest absolute Gasteiger partial charge is 0.337 e. The number of carbonyl (C=O) groups is 1. The van der Waals surface area contributed by atoms with Crippen molar-refractivity contribution in [1.29, 1.82) is 0 Å². The molecule has 168 valence electrons. The van der Waals surface area contributed by atoms with Crippen LogP contribution in [0.25, 0.3) is 0 Å².